The van der Waals surface area contributed by atoms with Gasteiger partial charge in [0.15, 0.2) is 0 Å². The first-order valence-electron chi connectivity index (χ1n) is 6.85. The number of furan rings is 1. The Balaban J connectivity index is 2.09. The molecule has 21 heavy (non-hydrogen) atoms. The lowest BCUT2D eigenvalue weighted by atomic mass is 10.0. The number of hydrogen-bond donors (Lipinski definition) is 1. The molecule has 2 aromatic rings. The Hall–Kier alpha value is -1.79. The van der Waals surface area contributed by atoms with E-state index in [0.29, 0.717) is 12.3 Å². The van der Waals surface area contributed by atoms with Crippen molar-refractivity contribution in [1.29, 1.82) is 0 Å². The molecule has 0 unspecified atom stereocenters. The van der Waals surface area contributed by atoms with Crippen LogP contribution in [0.2, 0.25) is 0 Å². The van der Waals surface area contributed by atoms with Crippen molar-refractivity contribution in [2.24, 2.45) is 0 Å². The van der Waals surface area contributed by atoms with Crippen molar-refractivity contribution in [2.75, 3.05) is 10.8 Å². The van der Waals surface area contributed by atoms with Gasteiger partial charge in [0, 0.05) is 12.6 Å². The summed E-state index contributed by atoms with van der Waals surface area (Å²) in [7, 11) is -3.67. The highest BCUT2D eigenvalue weighted by Crippen LogP contribution is 2.33. The maximum atomic E-state index is 12.9. The summed E-state index contributed by atoms with van der Waals surface area (Å²) in [5, 5.41) is 9.11. The standard InChI is InChI=1S/C15H17NO4S/c1-11-15(9-13(10-17)20-11)21(18,19)16-8-4-6-12-5-2-3-7-14(12)16/h2-3,5,7,9,17H,4,6,8,10H2,1H3. The summed E-state index contributed by atoms with van der Waals surface area (Å²) in [6.45, 7) is 1.74. The number of sulfonamides is 1. The van der Waals surface area contributed by atoms with Crippen LogP contribution in [0.3, 0.4) is 0 Å². The minimum Gasteiger partial charge on any atom is -0.462 e. The molecule has 112 valence electrons. The van der Waals surface area contributed by atoms with Gasteiger partial charge in [-0.15, -0.1) is 0 Å². The molecule has 0 aliphatic carbocycles. The van der Waals surface area contributed by atoms with Crippen LogP contribution < -0.4 is 4.31 Å². The van der Waals surface area contributed by atoms with Crippen molar-refractivity contribution in [3.8, 4) is 0 Å². The van der Waals surface area contributed by atoms with Crippen LogP contribution in [0.1, 0.15) is 23.5 Å². The number of aryl methyl sites for hydroxylation is 2. The second-order valence-corrected chi connectivity index (χ2v) is 6.93. The predicted molar refractivity (Wildman–Crippen MR) is 78.7 cm³/mol. The van der Waals surface area contributed by atoms with Gasteiger partial charge >= 0.3 is 0 Å². The molecule has 0 atom stereocenters. The fourth-order valence-electron chi connectivity index (χ4n) is 2.73. The van der Waals surface area contributed by atoms with Gasteiger partial charge in [0.1, 0.15) is 23.0 Å². The number of hydrogen-bond acceptors (Lipinski definition) is 4. The largest absolute Gasteiger partial charge is 0.462 e. The van der Waals surface area contributed by atoms with Gasteiger partial charge in [-0.2, -0.15) is 0 Å². The monoisotopic (exact) mass is 307 g/mol. The summed E-state index contributed by atoms with van der Waals surface area (Å²) in [5.74, 6) is 0.568. The molecule has 0 bridgehead atoms. The molecule has 2 heterocycles. The maximum Gasteiger partial charge on any atom is 0.267 e. The Morgan fingerprint density at radius 1 is 1.33 bits per heavy atom. The minimum atomic E-state index is -3.67. The lowest BCUT2D eigenvalue weighted by Gasteiger charge is -2.30. The topological polar surface area (TPSA) is 70.8 Å². The molecule has 1 aromatic heterocycles. The first-order chi connectivity index (χ1) is 10.0. The lowest BCUT2D eigenvalue weighted by Crippen LogP contribution is -2.35. The van der Waals surface area contributed by atoms with Crippen molar-refractivity contribution in [1.82, 2.24) is 0 Å². The minimum absolute atomic E-state index is 0.128. The van der Waals surface area contributed by atoms with Gasteiger partial charge in [-0.25, -0.2) is 8.42 Å². The maximum absolute atomic E-state index is 12.9. The van der Waals surface area contributed by atoms with Gasteiger partial charge in [-0.1, -0.05) is 18.2 Å². The highest BCUT2D eigenvalue weighted by molar-refractivity contribution is 7.92. The third kappa shape index (κ3) is 2.34. The molecular formula is C15H17NO4S. The molecule has 3 rings (SSSR count). The molecule has 0 radical (unpaired) electrons. The van der Waals surface area contributed by atoms with Crippen molar-refractivity contribution in [2.45, 2.75) is 31.3 Å². The third-order valence-corrected chi connectivity index (χ3v) is 5.64. The molecule has 0 saturated heterocycles. The van der Waals surface area contributed by atoms with Crippen molar-refractivity contribution in [3.63, 3.8) is 0 Å². The van der Waals surface area contributed by atoms with Gasteiger partial charge in [0.05, 0.1) is 5.69 Å². The Labute approximate surface area is 123 Å². The molecule has 0 fully saturated rings. The number of anilines is 1. The van der Waals surface area contributed by atoms with Gasteiger partial charge in [-0.05, 0) is 31.4 Å². The molecule has 0 spiro atoms. The number of nitrogens with zero attached hydrogens (tertiary/aromatic N) is 1. The second kappa shape index (κ2) is 5.20. The van der Waals surface area contributed by atoms with Crippen LogP contribution in [-0.2, 0) is 23.1 Å². The van der Waals surface area contributed by atoms with Crippen LogP contribution in [0.25, 0.3) is 0 Å². The summed E-state index contributed by atoms with van der Waals surface area (Å²) in [6.07, 6.45) is 1.68. The quantitative estimate of drug-likeness (QED) is 0.944. The van der Waals surface area contributed by atoms with Crippen LogP contribution in [-0.4, -0.2) is 20.1 Å². The first-order valence-corrected chi connectivity index (χ1v) is 8.29. The predicted octanol–water partition coefficient (Wildman–Crippen LogP) is 2.22. The van der Waals surface area contributed by atoms with E-state index in [0.717, 1.165) is 24.1 Å². The SMILES string of the molecule is Cc1oc(CO)cc1S(=O)(=O)N1CCCc2ccccc21. The molecule has 1 N–H and O–H groups in total. The van der Waals surface area contributed by atoms with Gasteiger partial charge < -0.3 is 9.52 Å². The average Bonchev–Trinajstić information content (AvgIpc) is 2.88. The van der Waals surface area contributed by atoms with Crippen LogP contribution in [0, 0.1) is 6.92 Å². The summed E-state index contributed by atoms with van der Waals surface area (Å²) in [4.78, 5) is 0.128. The van der Waals surface area contributed by atoms with E-state index in [9.17, 15) is 8.42 Å². The van der Waals surface area contributed by atoms with Gasteiger partial charge in [0.25, 0.3) is 10.0 Å². The van der Waals surface area contributed by atoms with Crippen molar-refractivity contribution < 1.29 is 17.9 Å². The van der Waals surface area contributed by atoms with E-state index >= 15 is 0 Å². The second-order valence-electron chi connectivity index (χ2n) is 5.10. The fourth-order valence-corrected chi connectivity index (χ4v) is 4.45. The smallest absolute Gasteiger partial charge is 0.267 e. The Bertz CT molecular complexity index is 764. The molecule has 0 saturated carbocycles. The summed E-state index contributed by atoms with van der Waals surface area (Å²) in [6, 6.07) is 8.95. The molecular weight excluding hydrogens is 290 g/mol. The normalized spacial score (nSPS) is 15.0. The lowest BCUT2D eigenvalue weighted by molar-refractivity contribution is 0.244. The number of benzene rings is 1. The van der Waals surface area contributed by atoms with Crippen molar-refractivity contribution in [3.05, 3.63) is 47.4 Å². The van der Waals surface area contributed by atoms with E-state index in [1.165, 1.54) is 10.4 Å². The average molecular weight is 307 g/mol. The van der Waals surface area contributed by atoms with Crippen LogP contribution in [0.15, 0.2) is 39.6 Å². The highest BCUT2D eigenvalue weighted by atomic mass is 32.2. The Morgan fingerprint density at radius 2 is 2.10 bits per heavy atom. The first kappa shape index (κ1) is 14.2. The summed E-state index contributed by atoms with van der Waals surface area (Å²) < 4.78 is 32.5. The Morgan fingerprint density at radius 3 is 2.81 bits per heavy atom. The zero-order valence-corrected chi connectivity index (χ0v) is 12.6. The Kier molecular flexibility index (Phi) is 3.51. The van der Waals surface area contributed by atoms with Crippen LogP contribution >= 0.6 is 0 Å². The highest BCUT2D eigenvalue weighted by Gasteiger charge is 2.31. The third-order valence-electron chi connectivity index (χ3n) is 3.71. The molecule has 1 aliphatic heterocycles. The van der Waals surface area contributed by atoms with E-state index in [1.807, 2.05) is 24.3 Å². The molecule has 5 nitrogen and oxygen atoms in total. The zero-order chi connectivity index (χ0) is 15.0. The van der Waals surface area contributed by atoms with E-state index in [-0.39, 0.29) is 17.3 Å². The van der Waals surface area contributed by atoms with Crippen molar-refractivity contribution >= 4 is 15.7 Å². The zero-order valence-electron chi connectivity index (χ0n) is 11.7. The van der Waals surface area contributed by atoms with E-state index in [1.54, 1.807) is 6.92 Å². The number of fused-ring (bicyclic) bond motifs is 1. The molecule has 1 aromatic carbocycles. The fraction of sp³-hybridized carbons (Fsp3) is 0.333. The number of para-hydroxylation sites is 1. The number of rotatable bonds is 3. The molecule has 6 heteroatoms. The molecule has 0 amide bonds. The van der Waals surface area contributed by atoms with E-state index < -0.39 is 10.0 Å². The van der Waals surface area contributed by atoms with Crippen LogP contribution in [0.4, 0.5) is 5.69 Å². The molecule has 1 aliphatic rings. The summed E-state index contributed by atoms with van der Waals surface area (Å²) >= 11 is 0. The van der Waals surface area contributed by atoms with Gasteiger partial charge in [-0.3, -0.25) is 4.31 Å². The summed E-state index contributed by atoms with van der Waals surface area (Å²) in [5.41, 5.74) is 1.77. The number of aliphatic hydroxyl groups excluding tert-OH is 1. The van der Waals surface area contributed by atoms with Crippen LogP contribution in [0.5, 0.6) is 0 Å². The number of aliphatic hydroxyl groups is 1. The van der Waals surface area contributed by atoms with E-state index in [4.69, 9.17) is 9.52 Å². The van der Waals surface area contributed by atoms with E-state index in [2.05, 4.69) is 0 Å². The van der Waals surface area contributed by atoms with Gasteiger partial charge in [0.2, 0.25) is 0 Å².